The normalized spacial score (nSPS) is 12.2. The van der Waals surface area contributed by atoms with Crippen LogP contribution in [0.3, 0.4) is 0 Å². The Morgan fingerprint density at radius 1 is 1.24 bits per heavy atom. The fourth-order valence-corrected chi connectivity index (χ4v) is 1.32. The van der Waals surface area contributed by atoms with Gasteiger partial charge in [-0.15, -0.1) is 0 Å². The standard InChI is InChI=1S/C14H20O3/c1-4-11(3)17-10-14(15)12-6-8-13(9-7-12)16-5-2/h6-9,11H,4-5,10H2,1-3H3. The Kier molecular flexibility index (Phi) is 5.70. The smallest absolute Gasteiger partial charge is 0.188 e. The maximum Gasteiger partial charge on any atom is 0.188 e. The first-order valence-corrected chi connectivity index (χ1v) is 6.05. The lowest BCUT2D eigenvalue weighted by Gasteiger charge is -2.09. The first kappa shape index (κ1) is 13.7. The third kappa shape index (κ3) is 4.57. The van der Waals surface area contributed by atoms with Gasteiger partial charge in [0.15, 0.2) is 5.78 Å². The summed E-state index contributed by atoms with van der Waals surface area (Å²) >= 11 is 0. The lowest BCUT2D eigenvalue weighted by atomic mass is 10.1. The van der Waals surface area contributed by atoms with E-state index in [0.29, 0.717) is 12.2 Å². The van der Waals surface area contributed by atoms with Crippen molar-refractivity contribution in [3.8, 4) is 5.75 Å². The molecule has 1 unspecified atom stereocenters. The fraction of sp³-hybridized carbons (Fsp3) is 0.500. The van der Waals surface area contributed by atoms with Crippen molar-refractivity contribution in [1.29, 1.82) is 0 Å². The second kappa shape index (κ2) is 7.07. The van der Waals surface area contributed by atoms with Gasteiger partial charge in [-0.25, -0.2) is 0 Å². The monoisotopic (exact) mass is 236 g/mol. The molecule has 0 radical (unpaired) electrons. The highest BCUT2D eigenvalue weighted by molar-refractivity contribution is 5.97. The van der Waals surface area contributed by atoms with Crippen molar-refractivity contribution in [2.45, 2.75) is 33.3 Å². The van der Waals surface area contributed by atoms with Crippen molar-refractivity contribution in [2.75, 3.05) is 13.2 Å². The number of hydrogen-bond donors (Lipinski definition) is 0. The number of ketones is 1. The molecule has 0 amide bonds. The highest BCUT2D eigenvalue weighted by atomic mass is 16.5. The predicted octanol–water partition coefficient (Wildman–Crippen LogP) is 3.08. The SMILES string of the molecule is CCOc1ccc(C(=O)COC(C)CC)cc1. The average molecular weight is 236 g/mol. The van der Waals surface area contributed by atoms with Crippen LogP contribution in [-0.2, 0) is 4.74 Å². The molecule has 1 atom stereocenters. The van der Waals surface area contributed by atoms with Crippen LogP contribution in [0.2, 0.25) is 0 Å². The number of rotatable bonds is 7. The van der Waals surface area contributed by atoms with Crippen molar-refractivity contribution in [1.82, 2.24) is 0 Å². The molecular weight excluding hydrogens is 216 g/mol. The number of hydrogen-bond acceptors (Lipinski definition) is 3. The molecule has 0 heterocycles. The van der Waals surface area contributed by atoms with E-state index in [9.17, 15) is 4.79 Å². The van der Waals surface area contributed by atoms with E-state index in [-0.39, 0.29) is 18.5 Å². The molecule has 0 N–H and O–H groups in total. The van der Waals surface area contributed by atoms with Crippen molar-refractivity contribution in [3.05, 3.63) is 29.8 Å². The molecule has 0 aliphatic rings. The number of carbonyl (C=O) groups excluding carboxylic acids is 1. The van der Waals surface area contributed by atoms with E-state index in [1.54, 1.807) is 24.3 Å². The Balaban J connectivity index is 2.51. The molecule has 0 saturated heterocycles. The maximum atomic E-state index is 11.8. The third-order valence-electron chi connectivity index (χ3n) is 2.56. The molecule has 0 bridgehead atoms. The van der Waals surface area contributed by atoms with E-state index in [4.69, 9.17) is 9.47 Å². The Bertz CT molecular complexity index is 343. The van der Waals surface area contributed by atoms with Gasteiger partial charge in [0.1, 0.15) is 12.4 Å². The van der Waals surface area contributed by atoms with Gasteiger partial charge in [0.05, 0.1) is 12.7 Å². The van der Waals surface area contributed by atoms with Crippen LogP contribution in [-0.4, -0.2) is 25.1 Å². The van der Waals surface area contributed by atoms with E-state index >= 15 is 0 Å². The summed E-state index contributed by atoms with van der Waals surface area (Å²) in [6, 6.07) is 7.15. The van der Waals surface area contributed by atoms with E-state index < -0.39 is 0 Å². The summed E-state index contributed by atoms with van der Waals surface area (Å²) in [4.78, 5) is 11.8. The first-order chi connectivity index (χ1) is 8.17. The zero-order valence-corrected chi connectivity index (χ0v) is 10.7. The van der Waals surface area contributed by atoms with Crippen molar-refractivity contribution in [2.24, 2.45) is 0 Å². The molecule has 0 aliphatic heterocycles. The summed E-state index contributed by atoms with van der Waals surface area (Å²) in [7, 11) is 0. The second-order valence-electron chi connectivity index (χ2n) is 3.91. The molecule has 94 valence electrons. The van der Waals surface area contributed by atoms with Crippen molar-refractivity contribution in [3.63, 3.8) is 0 Å². The molecule has 0 spiro atoms. The van der Waals surface area contributed by atoms with Crippen LogP contribution < -0.4 is 4.74 Å². The van der Waals surface area contributed by atoms with Crippen LogP contribution in [0.5, 0.6) is 5.75 Å². The minimum absolute atomic E-state index is 0.00773. The summed E-state index contributed by atoms with van der Waals surface area (Å²) in [5, 5.41) is 0. The molecule has 0 fully saturated rings. The summed E-state index contributed by atoms with van der Waals surface area (Å²) in [5.74, 6) is 0.792. The summed E-state index contributed by atoms with van der Waals surface area (Å²) in [6.45, 7) is 6.70. The van der Waals surface area contributed by atoms with E-state index in [1.165, 1.54) is 0 Å². The summed E-state index contributed by atoms with van der Waals surface area (Å²) < 4.78 is 10.7. The number of carbonyl (C=O) groups is 1. The quantitative estimate of drug-likeness (QED) is 0.682. The van der Waals surface area contributed by atoms with Crippen LogP contribution in [0.25, 0.3) is 0 Å². The number of benzene rings is 1. The highest BCUT2D eigenvalue weighted by Crippen LogP contribution is 2.12. The molecule has 0 aromatic heterocycles. The van der Waals surface area contributed by atoms with Gasteiger partial charge >= 0.3 is 0 Å². The van der Waals surface area contributed by atoms with Crippen LogP contribution in [0.15, 0.2) is 24.3 Å². The molecule has 1 rings (SSSR count). The lowest BCUT2D eigenvalue weighted by molar-refractivity contribution is 0.0511. The van der Waals surface area contributed by atoms with Gasteiger partial charge in [-0.3, -0.25) is 4.79 Å². The Labute approximate surface area is 103 Å². The minimum Gasteiger partial charge on any atom is -0.494 e. The van der Waals surface area contributed by atoms with Gasteiger partial charge in [-0.1, -0.05) is 6.92 Å². The fourth-order valence-electron chi connectivity index (χ4n) is 1.32. The van der Waals surface area contributed by atoms with Crippen molar-refractivity contribution >= 4 is 5.78 Å². The van der Waals surface area contributed by atoms with Gasteiger partial charge in [0, 0.05) is 5.56 Å². The molecular formula is C14H20O3. The van der Waals surface area contributed by atoms with Gasteiger partial charge < -0.3 is 9.47 Å². The molecule has 17 heavy (non-hydrogen) atoms. The zero-order valence-electron chi connectivity index (χ0n) is 10.7. The van der Waals surface area contributed by atoms with Crippen LogP contribution in [0.1, 0.15) is 37.6 Å². The molecule has 3 heteroatoms. The summed E-state index contributed by atoms with van der Waals surface area (Å²) in [6.07, 6.45) is 1.04. The molecule has 0 saturated carbocycles. The lowest BCUT2D eigenvalue weighted by Crippen LogP contribution is -2.15. The molecule has 1 aromatic carbocycles. The van der Waals surface area contributed by atoms with E-state index in [2.05, 4.69) is 0 Å². The zero-order chi connectivity index (χ0) is 12.7. The van der Waals surface area contributed by atoms with Crippen LogP contribution >= 0.6 is 0 Å². The Morgan fingerprint density at radius 2 is 1.88 bits per heavy atom. The van der Waals surface area contributed by atoms with E-state index in [0.717, 1.165) is 12.2 Å². The molecule has 1 aromatic rings. The Morgan fingerprint density at radius 3 is 2.41 bits per heavy atom. The van der Waals surface area contributed by atoms with Gasteiger partial charge in [-0.05, 0) is 44.5 Å². The molecule has 3 nitrogen and oxygen atoms in total. The second-order valence-corrected chi connectivity index (χ2v) is 3.91. The van der Waals surface area contributed by atoms with Gasteiger partial charge in [0.25, 0.3) is 0 Å². The summed E-state index contributed by atoms with van der Waals surface area (Å²) in [5.41, 5.74) is 0.664. The minimum atomic E-state index is 0.00773. The van der Waals surface area contributed by atoms with E-state index in [1.807, 2.05) is 20.8 Å². The van der Waals surface area contributed by atoms with Crippen LogP contribution in [0.4, 0.5) is 0 Å². The predicted molar refractivity (Wildman–Crippen MR) is 67.6 cm³/mol. The average Bonchev–Trinajstić information content (AvgIpc) is 2.36. The number of ether oxygens (including phenoxy) is 2. The van der Waals surface area contributed by atoms with Crippen molar-refractivity contribution < 1.29 is 14.3 Å². The van der Waals surface area contributed by atoms with Gasteiger partial charge in [0.2, 0.25) is 0 Å². The van der Waals surface area contributed by atoms with Gasteiger partial charge in [-0.2, -0.15) is 0 Å². The topological polar surface area (TPSA) is 35.5 Å². The first-order valence-electron chi connectivity index (χ1n) is 6.05. The molecule has 0 aliphatic carbocycles. The highest BCUT2D eigenvalue weighted by Gasteiger charge is 2.08. The maximum absolute atomic E-state index is 11.8. The third-order valence-corrected chi connectivity index (χ3v) is 2.56. The number of Topliss-reactive ketones (excluding diaryl/α,β-unsaturated/α-hetero) is 1. The Hall–Kier alpha value is -1.35. The largest absolute Gasteiger partial charge is 0.494 e. The van der Waals surface area contributed by atoms with Crippen LogP contribution in [0, 0.1) is 0 Å².